The first-order valence-corrected chi connectivity index (χ1v) is 9.63. The molecule has 0 saturated carbocycles. The Morgan fingerprint density at radius 3 is 2.50 bits per heavy atom. The molecule has 156 valence electrons. The number of ether oxygens (including phenoxy) is 1. The molecule has 1 aliphatic rings. The maximum Gasteiger partial charge on any atom is 0.329 e. The van der Waals surface area contributed by atoms with E-state index in [-0.39, 0.29) is 11.6 Å². The first-order valence-electron chi connectivity index (χ1n) is 9.63. The fourth-order valence-electron chi connectivity index (χ4n) is 3.08. The highest BCUT2D eigenvalue weighted by molar-refractivity contribution is 6.40. The molecule has 1 fully saturated rings. The largest absolute Gasteiger partial charge is 0.378 e. The maximum absolute atomic E-state index is 12.8. The highest BCUT2D eigenvalue weighted by atomic mass is 16.5. The summed E-state index contributed by atoms with van der Waals surface area (Å²) in [5, 5.41) is 6.35. The molecular formula is C22H24N4O4. The summed E-state index contributed by atoms with van der Waals surface area (Å²) in [6.45, 7) is 5.83. The zero-order valence-electron chi connectivity index (χ0n) is 17.0. The van der Waals surface area contributed by atoms with Crippen LogP contribution in [0.15, 0.2) is 47.6 Å². The van der Waals surface area contributed by atoms with Gasteiger partial charge in [0.05, 0.1) is 30.7 Å². The number of aryl methyl sites for hydroxylation is 2. The van der Waals surface area contributed by atoms with Crippen molar-refractivity contribution >= 4 is 29.6 Å². The lowest BCUT2D eigenvalue weighted by atomic mass is 10.1. The number of carbonyl (C=O) groups is 3. The van der Waals surface area contributed by atoms with E-state index in [2.05, 4.69) is 15.8 Å². The molecule has 0 radical (unpaired) electrons. The van der Waals surface area contributed by atoms with Gasteiger partial charge in [-0.1, -0.05) is 35.9 Å². The van der Waals surface area contributed by atoms with Crippen LogP contribution in [0.2, 0.25) is 0 Å². The number of rotatable bonds is 4. The third-order valence-electron chi connectivity index (χ3n) is 4.71. The van der Waals surface area contributed by atoms with Gasteiger partial charge in [0.15, 0.2) is 0 Å². The van der Waals surface area contributed by atoms with Gasteiger partial charge in [-0.2, -0.15) is 5.10 Å². The second-order valence-corrected chi connectivity index (χ2v) is 6.96. The minimum Gasteiger partial charge on any atom is -0.378 e. The van der Waals surface area contributed by atoms with Gasteiger partial charge in [-0.15, -0.1) is 0 Å². The average Bonchev–Trinajstić information content (AvgIpc) is 2.75. The van der Waals surface area contributed by atoms with E-state index in [1.807, 2.05) is 32.0 Å². The van der Waals surface area contributed by atoms with Crippen molar-refractivity contribution in [3.8, 4) is 0 Å². The van der Waals surface area contributed by atoms with Crippen LogP contribution in [-0.4, -0.2) is 55.1 Å². The Morgan fingerprint density at radius 2 is 1.77 bits per heavy atom. The molecule has 0 aliphatic carbocycles. The third-order valence-corrected chi connectivity index (χ3v) is 4.71. The van der Waals surface area contributed by atoms with Crippen LogP contribution in [-0.2, 0) is 14.3 Å². The molecule has 0 unspecified atom stereocenters. The van der Waals surface area contributed by atoms with Gasteiger partial charge in [0.25, 0.3) is 5.91 Å². The topological polar surface area (TPSA) is 100 Å². The lowest BCUT2D eigenvalue weighted by Gasteiger charge is -2.27. The molecule has 0 spiro atoms. The van der Waals surface area contributed by atoms with E-state index in [1.54, 1.807) is 29.2 Å². The second-order valence-electron chi connectivity index (χ2n) is 6.96. The quantitative estimate of drug-likeness (QED) is 0.458. The molecule has 1 heterocycles. The second kappa shape index (κ2) is 9.80. The van der Waals surface area contributed by atoms with Crippen molar-refractivity contribution in [1.29, 1.82) is 0 Å². The predicted molar refractivity (Wildman–Crippen MR) is 113 cm³/mol. The van der Waals surface area contributed by atoms with Crippen molar-refractivity contribution < 1.29 is 19.1 Å². The zero-order valence-corrected chi connectivity index (χ0v) is 17.0. The van der Waals surface area contributed by atoms with Crippen LogP contribution in [0.4, 0.5) is 5.69 Å². The van der Waals surface area contributed by atoms with Crippen LogP contribution in [0.3, 0.4) is 0 Å². The summed E-state index contributed by atoms with van der Waals surface area (Å²) in [4.78, 5) is 38.8. The normalized spacial score (nSPS) is 13.9. The number of hydrogen-bond donors (Lipinski definition) is 2. The van der Waals surface area contributed by atoms with Gasteiger partial charge in [0.1, 0.15) is 0 Å². The molecule has 0 aromatic heterocycles. The third kappa shape index (κ3) is 5.30. The van der Waals surface area contributed by atoms with Crippen LogP contribution in [0, 0.1) is 13.8 Å². The van der Waals surface area contributed by atoms with Gasteiger partial charge in [-0.25, -0.2) is 5.43 Å². The number of benzene rings is 2. The number of anilines is 1. The fraction of sp³-hybridized carbons (Fsp3) is 0.273. The van der Waals surface area contributed by atoms with Gasteiger partial charge in [0, 0.05) is 13.1 Å². The van der Waals surface area contributed by atoms with Crippen LogP contribution in [0.5, 0.6) is 0 Å². The number of carbonyl (C=O) groups excluding carboxylic acids is 3. The van der Waals surface area contributed by atoms with Crippen molar-refractivity contribution in [3.05, 3.63) is 64.7 Å². The van der Waals surface area contributed by atoms with E-state index in [4.69, 9.17) is 4.74 Å². The Hall–Kier alpha value is -3.52. The first-order chi connectivity index (χ1) is 14.5. The Labute approximate surface area is 174 Å². The van der Waals surface area contributed by atoms with Gasteiger partial charge in [-0.3, -0.25) is 14.4 Å². The summed E-state index contributed by atoms with van der Waals surface area (Å²) < 4.78 is 5.26. The van der Waals surface area contributed by atoms with Gasteiger partial charge in [-0.05, 0) is 37.1 Å². The molecule has 8 nitrogen and oxygen atoms in total. The SMILES string of the molecule is Cc1ccc(C=NNC(=O)C(=O)Nc2ccccc2C(=O)N2CCOCC2)c(C)c1. The number of hydrogen-bond acceptors (Lipinski definition) is 5. The summed E-state index contributed by atoms with van der Waals surface area (Å²) in [5.74, 6) is -2.05. The highest BCUT2D eigenvalue weighted by Crippen LogP contribution is 2.18. The minimum atomic E-state index is -0.926. The van der Waals surface area contributed by atoms with E-state index < -0.39 is 11.8 Å². The predicted octanol–water partition coefficient (Wildman–Crippen LogP) is 1.86. The molecule has 3 amide bonds. The highest BCUT2D eigenvalue weighted by Gasteiger charge is 2.22. The van der Waals surface area contributed by atoms with Crippen LogP contribution in [0.1, 0.15) is 27.0 Å². The smallest absolute Gasteiger partial charge is 0.329 e. The molecule has 2 N–H and O–H groups in total. The van der Waals surface area contributed by atoms with E-state index in [0.29, 0.717) is 31.9 Å². The Kier molecular flexibility index (Phi) is 6.92. The summed E-state index contributed by atoms with van der Waals surface area (Å²) in [6, 6.07) is 12.4. The van der Waals surface area contributed by atoms with Crippen molar-refractivity contribution in [1.82, 2.24) is 10.3 Å². The average molecular weight is 408 g/mol. The molecule has 2 aromatic rings. The van der Waals surface area contributed by atoms with Crippen molar-refractivity contribution in [2.75, 3.05) is 31.6 Å². The number of para-hydroxylation sites is 1. The molecule has 0 atom stereocenters. The van der Waals surface area contributed by atoms with Crippen LogP contribution < -0.4 is 10.7 Å². The molecule has 0 bridgehead atoms. The summed E-state index contributed by atoms with van der Waals surface area (Å²) >= 11 is 0. The monoisotopic (exact) mass is 408 g/mol. The molecule has 2 aromatic carbocycles. The molecule has 3 rings (SSSR count). The summed E-state index contributed by atoms with van der Waals surface area (Å²) in [6.07, 6.45) is 1.48. The number of hydrazone groups is 1. The summed E-state index contributed by atoms with van der Waals surface area (Å²) in [7, 11) is 0. The molecule has 30 heavy (non-hydrogen) atoms. The van der Waals surface area contributed by atoms with E-state index in [9.17, 15) is 14.4 Å². The molecule has 8 heteroatoms. The number of nitrogens with zero attached hydrogens (tertiary/aromatic N) is 2. The Morgan fingerprint density at radius 1 is 1.03 bits per heavy atom. The molecule has 1 aliphatic heterocycles. The first kappa shape index (κ1) is 21.2. The lowest BCUT2D eigenvalue weighted by Crippen LogP contribution is -2.41. The van der Waals surface area contributed by atoms with Crippen molar-refractivity contribution in [3.63, 3.8) is 0 Å². The van der Waals surface area contributed by atoms with Gasteiger partial charge >= 0.3 is 11.8 Å². The van der Waals surface area contributed by atoms with Gasteiger partial charge < -0.3 is 15.0 Å². The van der Waals surface area contributed by atoms with E-state index in [1.165, 1.54) is 6.21 Å². The van der Waals surface area contributed by atoms with E-state index in [0.717, 1.165) is 16.7 Å². The fourth-order valence-corrected chi connectivity index (χ4v) is 3.08. The number of nitrogens with one attached hydrogen (secondary N) is 2. The van der Waals surface area contributed by atoms with Crippen molar-refractivity contribution in [2.45, 2.75) is 13.8 Å². The van der Waals surface area contributed by atoms with Crippen LogP contribution >= 0.6 is 0 Å². The zero-order chi connectivity index (χ0) is 21.5. The minimum absolute atomic E-state index is 0.220. The maximum atomic E-state index is 12.8. The van der Waals surface area contributed by atoms with Gasteiger partial charge in [0.2, 0.25) is 0 Å². The standard InChI is InChI=1S/C22H24N4O4/c1-15-7-8-17(16(2)13-15)14-23-25-21(28)20(27)24-19-6-4-3-5-18(19)22(29)26-9-11-30-12-10-26/h3-8,13-14H,9-12H2,1-2H3,(H,24,27)(H,25,28). The van der Waals surface area contributed by atoms with E-state index >= 15 is 0 Å². The number of morpholine rings is 1. The Bertz CT molecular complexity index is 981. The summed E-state index contributed by atoms with van der Waals surface area (Å²) in [5.41, 5.74) is 5.77. The lowest BCUT2D eigenvalue weighted by molar-refractivity contribution is -0.136. The molecular weight excluding hydrogens is 384 g/mol. The number of amides is 3. The van der Waals surface area contributed by atoms with Crippen LogP contribution in [0.25, 0.3) is 0 Å². The Balaban J connectivity index is 1.63. The van der Waals surface area contributed by atoms with Crippen molar-refractivity contribution in [2.24, 2.45) is 5.10 Å². The molecule has 1 saturated heterocycles.